The topological polar surface area (TPSA) is 61.4 Å². The molecule has 5 nitrogen and oxygen atoms in total. The number of carbonyl (C=O) groups is 2. The Bertz CT molecular complexity index is 535. The van der Waals surface area contributed by atoms with E-state index in [0.717, 1.165) is 36.4 Å². The summed E-state index contributed by atoms with van der Waals surface area (Å²) in [4.78, 5) is 25.3. The Labute approximate surface area is 112 Å². The normalized spacial score (nSPS) is 21.6. The first kappa shape index (κ1) is 12.2. The molecule has 0 aliphatic carbocycles. The van der Waals surface area contributed by atoms with Gasteiger partial charge in [0.1, 0.15) is 0 Å². The van der Waals surface area contributed by atoms with Crippen molar-refractivity contribution in [1.82, 2.24) is 5.32 Å². The Morgan fingerprint density at radius 1 is 1.47 bits per heavy atom. The predicted octanol–water partition coefficient (Wildman–Crippen LogP) is 0.753. The molecule has 19 heavy (non-hydrogen) atoms. The summed E-state index contributed by atoms with van der Waals surface area (Å²) in [5, 5.41) is 6.11. The fourth-order valence-corrected chi connectivity index (χ4v) is 2.67. The van der Waals surface area contributed by atoms with Crippen molar-refractivity contribution in [3.8, 4) is 0 Å². The van der Waals surface area contributed by atoms with Gasteiger partial charge in [-0.2, -0.15) is 0 Å². The van der Waals surface area contributed by atoms with E-state index < -0.39 is 0 Å². The first-order chi connectivity index (χ1) is 9.15. The highest BCUT2D eigenvalue weighted by atomic mass is 16.2. The van der Waals surface area contributed by atoms with E-state index in [9.17, 15) is 9.59 Å². The van der Waals surface area contributed by atoms with Crippen LogP contribution < -0.4 is 15.5 Å². The van der Waals surface area contributed by atoms with Crippen LogP contribution in [-0.4, -0.2) is 32.0 Å². The highest BCUT2D eigenvalue weighted by molar-refractivity contribution is 6.02. The van der Waals surface area contributed by atoms with E-state index >= 15 is 0 Å². The van der Waals surface area contributed by atoms with Crippen molar-refractivity contribution in [2.45, 2.75) is 12.8 Å². The Morgan fingerprint density at radius 3 is 3.05 bits per heavy atom. The van der Waals surface area contributed by atoms with Crippen molar-refractivity contribution in [3.05, 3.63) is 23.8 Å². The lowest BCUT2D eigenvalue weighted by molar-refractivity contribution is -0.119. The van der Waals surface area contributed by atoms with E-state index in [2.05, 4.69) is 10.6 Å². The third-order valence-corrected chi connectivity index (χ3v) is 3.86. The van der Waals surface area contributed by atoms with Gasteiger partial charge in [-0.25, -0.2) is 0 Å². The largest absolute Gasteiger partial charge is 0.326 e. The molecule has 2 aliphatic rings. The predicted molar refractivity (Wildman–Crippen MR) is 73.2 cm³/mol. The molecule has 0 saturated carbocycles. The number of likely N-dealkylation sites (N-methyl/N-ethyl adjacent to an activating group) is 1. The van der Waals surface area contributed by atoms with Crippen LogP contribution >= 0.6 is 0 Å². The van der Waals surface area contributed by atoms with Crippen LogP contribution in [0.25, 0.3) is 0 Å². The van der Waals surface area contributed by atoms with E-state index in [-0.39, 0.29) is 17.7 Å². The van der Waals surface area contributed by atoms with Gasteiger partial charge in [-0.05, 0) is 36.7 Å². The number of rotatable bonds is 2. The number of benzene rings is 1. The third-order valence-electron chi connectivity index (χ3n) is 3.86. The van der Waals surface area contributed by atoms with Crippen LogP contribution in [0.1, 0.15) is 12.0 Å². The second kappa shape index (κ2) is 4.66. The number of anilines is 2. The quantitative estimate of drug-likeness (QED) is 0.824. The molecule has 0 bridgehead atoms. The summed E-state index contributed by atoms with van der Waals surface area (Å²) in [5.74, 6) is 0.207. The third kappa shape index (κ3) is 2.21. The van der Waals surface area contributed by atoms with Crippen LogP contribution in [0.3, 0.4) is 0 Å². The van der Waals surface area contributed by atoms with Crippen LogP contribution in [-0.2, 0) is 16.0 Å². The Kier molecular flexibility index (Phi) is 2.98. The SMILES string of the molecule is CN1C(=O)Cc2cc(NC(=O)C3CCNC3)ccc21. The molecular weight excluding hydrogens is 242 g/mol. The van der Waals surface area contributed by atoms with Crippen LogP contribution in [0, 0.1) is 5.92 Å². The Hall–Kier alpha value is -1.88. The van der Waals surface area contributed by atoms with Crippen LogP contribution in [0.5, 0.6) is 0 Å². The lowest BCUT2D eigenvalue weighted by atomic mass is 10.1. The van der Waals surface area contributed by atoms with Gasteiger partial charge in [-0.15, -0.1) is 0 Å². The van der Waals surface area contributed by atoms with Crippen LogP contribution in [0.4, 0.5) is 11.4 Å². The van der Waals surface area contributed by atoms with Crippen molar-refractivity contribution in [2.75, 3.05) is 30.4 Å². The summed E-state index contributed by atoms with van der Waals surface area (Å²) >= 11 is 0. The van der Waals surface area contributed by atoms with Crippen molar-refractivity contribution in [3.63, 3.8) is 0 Å². The minimum atomic E-state index is 0.0533. The molecule has 2 N–H and O–H groups in total. The summed E-state index contributed by atoms with van der Waals surface area (Å²) in [6, 6.07) is 5.65. The number of hydrogen-bond acceptors (Lipinski definition) is 3. The van der Waals surface area contributed by atoms with Gasteiger partial charge in [0.2, 0.25) is 11.8 Å². The zero-order valence-corrected chi connectivity index (χ0v) is 10.9. The number of amides is 2. The summed E-state index contributed by atoms with van der Waals surface area (Å²) in [6.45, 7) is 1.65. The highest BCUT2D eigenvalue weighted by Gasteiger charge is 2.25. The molecule has 0 spiro atoms. The lowest BCUT2D eigenvalue weighted by Crippen LogP contribution is -2.24. The number of fused-ring (bicyclic) bond motifs is 1. The van der Waals surface area contributed by atoms with Gasteiger partial charge >= 0.3 is 0 Å². The van der Waals surface area contributed by atoms with Gasteiger partial charge in [0, 0.05) is 25.0 Å². The zero-order valence-electron chi connectivity index (χ0n) is 10.9. The molecule has 1 fully saturated rings. The number of carbonyl (C=O) groups excluding carboxylic acids is 2. The molecule has 0 aromatic heterocycles. The van der Waals surface area contributed by atoms with Gasteiger partial charge in [-0.3, -0.25) is 9.59 Å². The Morgan fingerprint density at radius 2 is 2.32 bits per heavy atom. The smallest absolute Gasteiger partial charge is 0.231 e. The molecule has 2 heterocycles. The summed E-state index contributed by atoms with van der Waals surface area (Å²) in [6.07, 6.45) is 1.30. The highest BCUT2D eigenvalue weighted by Crippen LogP contribution is 2.30. The van der Waals surface area contributed by atoms with Crippen LogP contribution in [0.15, 0.2) is 18.2 Å². The molecule has 0 radical (unpaired) electrons. The maximum absolute atomic E-state index is 12.0. The summed E-state index contributed by atoms with van der Waals surface area (Å²) < 4.78 is 0. The molecule has 2 amide bonds. The molecule has 3 rings (SSSR count). The van der Waals surface area contributed by atoms with Crippen molar-refractivity contribution < 1.29 is 9.59 Å². The van der Waals surface area contributed by atoms with Crippen LogP contribution in [0.2, 0.25) is 0 Å². The lowest BCUT2D eigenvalue weighted by Gasteiger charge is -2.12. The number of nitrogens with zero attached hydrogens (tertiary/aromatic N) is 1. The average Bonchev–Trinajstić information content (AvgIpc) is 2.99. The van der Waals surface area contributed by atoms with Crippen molar-refractivity contribution >= 4 is 23.2 Å². The number of hydrogen-bond donors (Lipinski definition) is 2. The fraction of sp³-hybridized carbons (Fsp3) is 0.429. The van der Waals surface area contributed by atoms with Gasteiger partial charge < -0.3 is 15.5 Å². The molecule has 1 aromatic rings. The van der Waals surface area contributed by atoms with E-state index in [1.54, 1.807) is 11.9 Å². The average molecular weight is 259 g/mol. The monoisotopic (exact) mass is 259 g/mol. The minimum absolute atomic E-state index is 0.0533. The maximum atomic E-state index is 12.0. The Balaban J connectivity index is 1.75. The van der Waals surface area contributed by atoms with E-state index in [4.69, 9.17) is 0 Å². The molecule has 5 heteroatoms. The molecule has 1 saturated heterocycles. The van der Waals surface area contributed by atoms with E-state index in [1.807, 2.05) is 18.2 Å². The fourth-order valence-electron chi connectivity index (χ4n) is 2.67. The zero-order chi connectivity index (χ0) is 13.4. The van der Waals surface area contributed by atoms with Crippen molar-refractivity contribution in [1.29, 1.82) is 0 Å². The number of nitrogens with one attached hydrogen (secondary N) is 2. The maximum Gasteiger partial charge on any atom is 0.231 e. The molecule has 1 unspecified atom stereocenters. The molecule has 100 valence electrons. The molecule has 1 atom stereocenters. The summed E-state index contributed by atoms with van der Waals surface area (Å²) in [5.41, 5.74) is 2.69. The van der Waals surface area contributed by atoms with E-state index in [1.165, 1.54) is 0 Å². The van der Waals surface area contributed by atoms with Gasteiger partial charge in [0.15, 0.2) is 0 Å². The standard InChI is InChI=1S/C14H17N3O2/c1-17-12-3-2-11(6-10(12)7-13(17)18)16-14(19)9-4-5-15-8-9/h2-3,6,9,15H,4-5,7-8H2,1H3,(H,16,19). The second-order valence-electron chi connectivity index (χ2n) is 5.15. The van der Waals surface area contributed by atoms with Gasteiger partial charge in [0.25, 0.3) is 0 Å². The second-order valence-corrected chi connectivity index (χ2v) is 5.15. The van der Waals surface area contributed by atoms with Gasteiger partial charge in [-0.1, -0.05) is 0 Å². The van der Waals surface area contributed by atoms with E-state index in [0.29, 0.717) is 6.42 Å². The molecule has 2 aliphatic heterocycles. The molecule has 1 aromatic carbocycles. The first-order valence-corrected chi connectivity index (χ1v) is 6.56. The first-order valence-electron chi connectivity index (χ1n) is 6.56. The summed E-state index contributed by atoms with van der Waals surface area (Å²) in [7, 11) is 1.77. The molecular formula is C14H17N3O2. The minimum Gasteiger partial charge on any atom is -0.326 e. The van der Waals surface area contributed by atoms with Crippen molar-refractivity contribution in [2.24, 2.45) is 5.92 Å². The van der Waals surface area contributed by atoms with Gasteiger partial charge in [0.05, 0.1) is 12.3 Å².